The Balaban J connectivity index is 3.76. The largest absolute Gasteiger partial charge is 0.353 e. The number of hydrogen-bond acceptors (Lipinski definition) is 2. The van der Waals surface area contributed by atoms with Gasteiger partial charge in [0.2, 0.25) is 0 Å². The summed E-state index contributed by atoms with van der Waals surface area (Å²) in [6.07, 6.45) is 20.6. The maximum atomic E-state index is 6.05. The van der Waals surface area contributed by atoms with Crippen LogP contribution in [-0.4, -0.2) is 24.8 Å². The number of hydrogen-bond donors (Lipinski definition) is 0. The lowest BCUT2D eigenvalue weighted by Gasteiger charge is -2.19. The van der Waals surface area contributed by atoms with E-state index in [9.17, 15) is 0 Å². The third kappa shape index (κ3) is 20.6. The van der Waals surface area contributed by atoms with E-state index in [1.807, 2.05) is 0 Å². The highest BCUT2D eigenvalue weighted by molar-refractivity contribution is 9.09. The Morgan fingerprint density at radius 3 is 1.52 bits per heavy atom. The van der Waals surface area contributed by atoms with Gasteiger partial charge in [-0.2, -0.15) is 0 Å². The van der Waals surface area contributed by atoms with Crippen molar-refractivity contribution < 1.29 is 9.47 Å². The van der Waals surface area contributed by atoms with Crippen LogP contribution in [0.25, 0.3) is 0 Å². The topological polar surface area (TPSA) is 18.5 Å². The molecular formula is C22H45BrO2. The van der Waals surface area contributed by atoms with Crippen LogP contribution in [0, 0.1) is 0 Å². The molecule has 0 spiro atoms. The summed E-state index contributed by atoms with van der Waals surface area (Å²) in [7, 11) is 0. The molecule has 0 unspecified atom stereocenters. The Kier molecular flexibility index (Phi) is 22.8. The molecule has 2 nitrogen and oxygen atoms in total. The van der Waals surface area contributed by atoms with Crippen molar-refractivity contribution in [2.24, 2.45) is 0 Å². The molecule has 0 N–H and O–H groups in total. The van der Waals surface area contributed by atoms with Crippen LogP contribution in [-0.2, 0) is 9.47 Å². The first-order valence-corrected chi connectivity index (χ1v) is 12.3. The Labute approximate surface area is 166 Å². The third-order valence-corrected chi connectivity index (χ3v) is 5.24. The van der Waals surface area contributed by atoms with E-state index in [1.165, 1.54) is 96.3 Å². The van der Waals surface area contributed by atoms with Crippen LogP contribution in [0.2, 0.25) is 0 Å². The minimum Gasteiger partial charge on any atom is -0.353 e. The van der Waals surface area contributed by atoms with Crippen molar-refractivity contribution in [3.63, 3.8) is 0 Å². The highest BCUT2D eigenvalue weighted by Crippen LogP contribution is 2.13. The van der Waals surface area contributed by atoms with E-state index in [1.54, 1.807) is 0 Å². The average Bonchev–Trinajstić information content (AvgIpc) is 2.63. The average molecular weight is 422 g/mol. The molecule has 0 saturated heterocycles. The Bertz CT molecular complexity index is 198. The minimum absolute atomic E-state index is 0.0357. The van der Waals surface area contributed by atoms with Crippen LogP contribution in [0.5, 0.6) is 0 Å². The summed E-state index contributed by atoms with van der Waals surface area (Å²) >= 11 is 3.50. The zero-order valence-electron chi connectivity index (χ0n) is 17.2. The summed E-state index contributed by atoms with van der Waals surface area (Å²) < 4.78 is 12.1. The fraction of sp³-hybridized carbons (Fsp3) is 1.00. The van der Waals surface area contributed by atoms with Crippen LogP contribution in [0.3, 0.4) is 0 Å². The maximum Gasteiger partial charge on any atom is 0.157 e. The molecule has 0 aliphatic rings. The van der Waals surface area contributed by atoms with Crippen molar-refractivity contribution in [1.82, 2.24) is 0 Å². The van der Waals surface area contributed by atoms with Gasteiger partial charge in [0.25, 0.3) is 0 Å². The predicted molar refractivity (Wildman–Crippen MR) is 115 cm³/mol. The zero-order chi connectivity index (χ0) is 18.4. The van der Waals surface area contributed by atoms with Crippen molar-refractivity contribution in [3.05, 3.63) is 0 Å². The predicted octanol–water partition coefficient (Wildman–Crippen LogP) is 8.02. The highest BCUT2D eigenvalue weighted by atomic mass is 79.9. The Morgan fingerprint density at radius 2 is 1.00 bits per heavy atom. The standard InChI is InChI=1S/C22H45BrO2/c1-3-5-7-12-16-20-24-22(18-14-10-9-11-15-19-23)25-21-17-13-8-6-4-2/h22H,3-21H2,1-2H3. The number of alkyl halides is 1. The molecule has 0 aliphatic carbocycles. The molecule has 0 aromatic heterocycles. The SMILES string of the molecule is CCCCCCCOC(CCCCCCCBr)OCCCCCCC. The summed E-state index contributed by atoms with van der Waals surface area (Å²) in [6, 6.07) is 0. The summed E-state index contributed by atoms with van der Waals surface area (Å²) in [5.41, 5.74) is 0. The zero-order valence-corrected chi connectivity index (χ0v) is 18.8. The second kappa shape index (κ2) is 22.4. The maximum absolute atomic E-state index is 6.05. The molecule has 152 valence electrons. The molecule has 0 aromatic rings. The van der Waals surface area contributed by atoms with Crippen LogP contribution >= 0.6 is 15.9 Å². The van der Waals surface area contributed by atoms with Crippen molar-refractivity contribution in [1.29, 1.82) is 0 Å². The van der Waals surface area contributed by atoms with E-state index in [2.05, 4.69) is 29.8 Å². The minimum atomic E-state index is 0.0357. The third-order valence-electron chi connectivity index (χ3n) is 4.68. The number of unbranched alkanes of at least 4 members (excludes halogenated alkanes) is 12. The molecular weight excluding hydrogens is 376 g/mol. The van der Waals surface area contributed by atoms with E-state index < -0.39 is 0 Å². The lowest BCUT2D eigenvalue weighted by atomic mass is 10.1. The van der Waals surface area contributed by atoms with Gasteiger partial charge in [-0.1, -0.05) is 100 Å². The van der Waals surface area contributed by atoms with Gasteiger partial charge in [0, 0.05) is 18.5 Å². The monoisotopic (exact) mass is 420 g/mol. The van der Waals surface area contributed by atoms with Crippen molar-refractivity contribution in [2.75, 3.05) is 18.5 Å². The molecule has 0 bridgehead atoms. The van der Waals surface area contributed by atoms with Gasteiger partial charge in [-0.3, -0.25) is 0 Å². The smallest absolute Gasteiger partial charge is 0.157 e. The van der Waals surface area contributed by atoms with Crippen molar-refractivity contribution >= 4 is 15.9 Å². The van der Waals surface area contributed by atoms with Crippen LogP contribution in [0.1, 0.15) is 117 Å². The van der Waals surface area contributed by atoms with Gasteiger partial charge in [0.05, 0.1) is 0 Å². The van der Waals surface area contributed by atoms with Gasteiger partial charge in [-0.25, -0.2) is 0 Å². The lowest BCUT2D eigenvalue weighted by Crippen LogP contribution is -2.19. The van der Waals surface area contributed by atoms with E-state index in [0.29, 0.717) is 0 Å². The molecule has 0 heterocycles. The molecule has 0 amide bonds. The number of halogens is 1. The first-order valence-electron chi connectivity index (χ1n) is 11.1. The molecule has 0 aliphatic heterocycles. The number of ether oxygens (including phenoxy) is 2. The van der Waals surface area contributed by atoms with Gasteiger partial charge in [0.15, 0.2) is 6.29 Å². The van der Waals surface area contributed by atoms with Crippen molar-refractivity contribution in [2.45, 2.75) is 123 Å². The molecule has 0 rings (SSSR count). The van der Waals surface area contributed by atoms with Gasteiger partial charge < -0.3 is 9.47 Å². The molecule has 3 heteroatoms. The molecule has 0 saturated carbocycles. The summed E-state index contributed by atoms with van der Waals surface area (Å²) in [5.74, 6) is 0. The second-order valence-electron chi connectivity index (χ2n) is 7.24. The quantitative estimate of drug-likeness (QED) is 0.106. The fourth-order valence-corrected chi connectivity index (χ4v) is 3.39. The van der Waals surface area contributed by atoms with Gasteiger partial charge in [-0.15, -0.1) is 0 Å². The molecule has 0 radical (unpaired) electrons. The van der Waals surface area contributed by atoms with Crippen LogP contribution < -0.4 is 0 Å². The van der Waals surface area contributed by atoms with Gasteiger partial charge >= 0.3 is 0 Å². The number of rotatable bonds is 21. The van der Waals surface area contributed by atoms with Crippen molar-refractivity contribution in [3.8, 4) is 0 Å². The molecule has 0 aromatic carbocycles. The van der Waals surface area contributed by atoms with E-state index in [4.69, 9.17) is 9.47 Å². The normalized spacial score (nSPS) is 11.5. The van der Waals surface area contributed by atoms with Crippen LogP contribution in [0.15, 0.2) is 0 Å². The fourth-order valence-electron chi connectivity index (χ4n) is 2.99. The Morgan fingerprint density at radius 1 is 0.560 bits per heavy atom. The van der Waals surface area contributed by atoms with Gasteiger partial charge in [0.1, 0.15) is 0 Å². The molecule has 25 heavy (non-hydrogen) atoms. The highest BCUT2D eigenvalue weighted by Gasteiger charge is 2.09. The lowest BCUT2D eigenvalue weighted by molar-refractivity contribution is -0.148. The van der Waals surface area contributed by atoms with E-state index in [0.717, 1.165) is 25.0 Å². The van der Waals surface area contributed by atoms with Crippen LogP contribution in [0.4, 0.5) is 0 Å². The Hall–Kier alpha value is 0.400. The first kappa shape index (κ1) is 25.4. The van der Waals surface area contributed by atoms with E-state index in [-0.39, 0.29) is 6.29 Å². The first-order chi connectivity index (χ1) is 12.3. The summed E-state index contributed by atoms with van der Waals surface area (Å²) in [5, 5.41) is 1.14. The van der Waals surface area contributed by atoms with E-state index >= 15 is 0 Å². The summed E-state index contributed by atoms with van der Waals surface area (Å²) in [6.45, 7) is 6.26. The molecule has 0 fully saturated rings. The van der Waals surface area contributed by atoms with Gasteiger partial charge in [-0.05, 0) is 32.1 Å². The summed E-state index contributed by atoms with van der Waals surface area (Å²) in [4.78, 5) is 0. The second-order valence-corrected chi connectivity index (χ2v) is 8.04. The molecule has 0 atom stereocenters.